The van der Waals surface area contributed by atoms with Crippen LogP contribution in [0.3, 0.4) is 0 Å². The highest BCUT2D eigenvalue weighted by atomic mass is 16.7. The minimum Gasteiger partial charge on any atom is -0.455 e. The van der Waals surface area contributed by atoms with Crippen LogP contribution in [-0.2, 0) is 12.8 Å². The Morgan fingerprint density at radius 3 is 1.65 bits per heavy atom. The van der Waals surface area contributed by atoms with Crippen LogP contribution in [0.15, 0.2) is 73.8 Å². The standard InChI is InChI=1S/C21H24O2/c1-4-11-17-13-7-9-15-19(17)22-21(6-3)23-20-16-10-8-14-18(20)12-5-2/h4-5,7-10,13-16,21H,1-2,6,11-12H2,3H3. The zero-order valence-electron chi connectivity index (χ0n) is 13.7. The molecule has 0 saturated heterocycles. The van der Waals surface area contributed by atoms with Crippen molar-refractivity contribution in [1.82, 2.24) is 0 Å². The molecule has 0 N–H and O–H groups in total. The van der Waals surface area contributed by atoms with E-state index in [0.29, 0.717) is 0 Å². The van der Waals surface area contributed by atoms with Gasteiger partial charge in [0, 0.05) is 6.42 Å². The number of para-hydroxylation sites is 2. The van der Waals surface area contributed by atoms with Gasteiger partial charge in [0.15, 0.2) is 0 Å². The van der Waals surface area contributed by atoms with E-state index in [1.54, 1.807) is 0 Å². The summed E-state index contributed by atoms with van der Waals surface area (Å²) in [6.07, 6.45) is 5.74. The highest BCUT2D eigenvalue weighted by Gasteiger charge is 2.13. The predicted octanol–water partition coefficient (Wildman–Crippen LogP) is 5.34. The fourth-order valence-corrected chi connectivity index (χ4v) is 2.36. The zero-order valence-corrected chi connectivity index (χ0v) is 13.7. The van der Waals surface area contributed by atoms with E-state index >= 15 is 0 Å². The van der Waals surface area contributed by atoms with Crippen molar-refractivity contribution in [3.63, 3.8) is 0 Å². The van der Waals surface area contributed by atoms with Crippen molar-refractivity contribution in [2.75, 3.05) is 0 Å². The first-order valence-electron chi connectivity index (χ1n) is 7.99. The number of rotatable bonds is 9. The van der Waals surface area contributed by atoms with Crippen LogP contribution in [0.5, 0.6) is 11.5 Å². The van der Waals surface area contributed by atoms with E-state index in [1.165, 1.54) is 0 Å². The first-order valence-corrected chi connectivity index (χ1v) is 7.99. The summed E-state index contributed by atoms with van der Waals surface area (Å²) in [5.41, 5.74) is 2.23. The maximum Gasteiger partial charge on any atom is 0.240 e. The number of benzene rings is 2. The molecule has 0 atom stereocenters. The molecule has 120 valence electrons. The third-order valence-electron chi connectivity index (χ3n) is 3.52. The molecule has 0 heterocycles. The third kappa shape index (κ3) is 4.75. The average Bonchev–Trinajstić information content (AvgIpc) is 2.58. The van der Waals surface area contributed by atoms with Gasteiger partial charge >= 0.3 is 0 Å². The Morgan fingerprint density at radius 2 is 1.26 bits per heavy atom. The molecule has 0 unspecified atom stereocenters. The molecule has 2 nitrogen and oxygen atoms in total. The molecule has 0 aliphatic heterocycles. The summed E-state index contributed by atoms with van der Waals surface area (Å²) in [5.74, 6) is 1.70. The lowest BCUT2D eigenvalue weighted by Gasteiger charge is -2.22. The Kier molecular flexibility index (Phi) is 6.49. The predicted molar refractivity (Wildman–Crippen MR) is 96.0 cm³/mol. The van der Waals surface area contributed by atoms with Crippen LogP contribution in [0.4, 0.5) is 0 Å². The van der Waals surface area contributed by atoms with Gasteiger partial charge in [-0.1, -0.05) is 55.5 Å². The topological polar surface area (TPSA) is 18.5 Å². The molecule has 0 bridgehead atoms. The maximum absolute atomic E-state index is 6.09. The summed E-state index contributed by atoms with van der Waals surface area (Å²) < 4.78 is 12.2. The van der Waals surface area contributed by atoms with Crippen molar-refractivity contribution >= 4 is 0 Å². The van der Waals surface area contributed by atoms with Crippen molar-refractivity contribution in [2.24, 2.45) is 0 Å². The molecule has 23 heavy (non-hydrogen) atoms. The normalized spacial score (nSPS) is 10.3. The van der Waals surface area contributed by atoms with Crippen LogP contribution < -0.4 is 9.47 Å². The lowest BCUT2D eigenvalue weighted by atomic mass is 10.1. The second kappa shape index (κ2) is 8.84. The Morgan fingerprint density at radius 1 is 0.826 bits per heavy atom. The summed E-state index contributed by atoms with van der Waals surface area (Å²) >= 11 is 0. The third-order valence-corrected chi connectivity index (χ3v) is 3.52. The van der Waals surface area contributed by atoms with Crippen LogP contribution >= 0.6 is 0 Å². The van der Waals surface area contributed by atoms with E-state index < -0.39 is 0 Å². The average molecular weight is 308 g/mol. The molecule has 0 aromatic heterocycles. The van der Waals surface area contributed by atoms with Crippen LogP contribution in [0.25, 0.3) is 0 Å². The van der Waals surface area contributed by atoms with E-state index in [4.69, 9.17) is 9.47 Å². The fraction of sp³-hybridized carbons (Fsp3) is 0.238. The van der Waals surface area contributed by atoms with Gasteiger partial charge in [-0.3, -0.25) is 0 Å². The summed E-state index contributed by atoms with van der Waals surface area (Å²) in [6.45, 7) is 9.65. The molecule has 0 aliphatic rings. The Hall–Kier alpha value is -2.48. The Bertz CT molecular complexity index is 590. The summed E-state index contributed by atoms with van der Waals surface area (Å²) in [6, 6.07) is 16.0. The molecule has 0 radical (unpaired) electrons. The molecular formula is C21H24O2. The van der Waals surface area contributed by atoms with Gasteiger partial charge in [0.2, 0.25) is 6.29 Å². The Balaban J connectivity index is 2.15. The number of hydrogen-bond donors (Lipinski definition) is 0. The van der Waals surface area contributed by atoms with E-state index in [-0.39, 0.29) is 6.29 Å². The molecule has 2 aromatic carbocycles. The molecule has 0 fully saturated rings. The van der Waals surface area contributed by atoms with Crippen molar-refractivity contribution < 1.29 is 9.47 Å². The zero-order chi connectivity index (χ0) is 16.5. The van der Waals surface area contributed by atoms with Crippen LogP contribution in [0, 0.1) is 0 Å². The summed E-state index contributed by atoms with van der Waals surface area (Å²) in [5, 5.41) is 0. The van der Waals surface area contributed by atoms with Gasteiger partial charge in [-0.25, -0.2) is 0 Å². The van der Waals surface area contributed by atoms with Gasteiger partial charge in [0.1, 0.15) is 11.5 Å². The monoisotopic (exact) mass is 308 g/mol. The first-order chi connectivity index (χ1) is 11.3. The molecule has 0 saturated carbocycles. The smallest absolute Gasteiger partial charge is 0.240 e. The maximum atomic E-state index is 6.09. The number of ether oxygens (including phenoxy) is 2. The molecule has 2 heteroatoms. The highest BCUT2D eigenvalue weighted by Crippen LogP contribution is 2.25. The first kappa shape index (κ1) is 16.9. The number of hydrogen-bond acceptors (Lipinski definition) is 2. The molecule has 0 amide bonds. The quantitative estimate of drug-likeness (QED) is 0.460. The molecule has 0 aliphatic carbocycles. The largest absolute Gasteiger partial charge is 0.455 e. The van der Waals surface area contributed by atoms with E-state index in [9.17, 15) is 0 Å². The molecule has 2 rings (SSSR count). The van der Waals surface area contributed by atoms with Crippen molar-refractivity contribution in [1.29, 1.82) is 0 Å². The lowest BCUT2D eigenvalue weighted by Crippen LogP contribution is -2.24. The second-order valence-corrected chi connectivity index (χ2v) is 5.27. The highest BCUT2D eigenvalue weighted by molar-refractivity contribution is 5.36. The van der Waals surface area contributed by atoms with Crippen molar-refractivity contribution in [3.8, 4) is 11.5 Å². The van der Waals surface area contributed by atoms with Gasteiger partial charge in [-0.15, -0.1) is 13.2 Å². The van der Waals surface area contributed by atoms with E-state index in [2.05, 4.69) is 32.2 Å². The SMILES string of the molecule is C=CCc1ccccc1OC(CC)Oc1ccccc1CC=C. The fourth-order valence-electron chi connectivity index (χ4n) is 2.36. The Labute approximate surface area is 139 Å². The van der Waals surface area contributed by atoms with Crippen LogP contribution in [-0.4, -0.2) is 6.29 Å². The molecule has 2 aromatic rings. The van der Waals surface area contributed by atoms with Gasteiger partial charge < -0.3 is 9.47 Å². The molecule has 0 spiro atoms. The van der Waals surface area contributed by atoms with E-state index in [1.807, 2.05) is 48.6 Å². The van der Waals surface area contributed by atoms with Gasteiger partial charge in [0.25, 0.3) is 0 Å². The lowest BCUT2D eigenvalue weighted by molar-refractivity contribution is 0.00208. The summed E-state index contributed by atoms with van der Waals surface area (Å²) in [7, 11) is 0. The van der Waals surface area contributed by atoms with Crippen molar-refractivity contribution in [2.45, 2.75) is 32.5 Å². The van der Waals surface area contributed by atoms with Crippen LogP contribution in [0.1, 0.15) is 24.5 Å². The van der Waals surface area contributed by atoms with E-state index in [0.717, 1.165) is 41.9 Å². The second-order valence-electron chi connectivity index (χ2n) is 5.27. The summed E-state index contributed by atoms with van der Waals surface area (Å²) in [4.78, 5) is 0. The van der Waals surface area contributed by atoms with Gasteiger partial charge in [0.05, 0.1) is 0 Å². The van der Waals surface area contributed by atoms with Gasteiger partial charge in [-0.05, 0) is 36.1 Å². The molecular weight excluding hydrogens is 284 g/mol. The van der Waals surface area contributed by atoms with Gasteiger partial charge in [-0.2, -0.15) is 0 Å². The van der Waals surface area contributed by atoms with Crippen molar-refractivity contribution in [3.05, 3.63) is 85.0 Å². The minimum absolute atomic E-state index is 0.327. The van der Waals surface area contributed by atoms with Crippen LogP contribution in [0.2, 0.25) is 0 Å². The minimum atomic E-state index is -0.327. The number of allylic oxidation sites excluding steroid dienone is 2.